The molecule has 0 amide bonds. The minimum Gasteiger partial charge on any atom is -0.508 e. The fourth-order valence-electron chi connectivity index (χ4n) is 8.08. The topological polar surface area (TPSA) is 177 Å². The summed E-state index contributed by atoms with van der Waals surface area (Å²) in [7, 11) is 0. The maximum absolute atomic E-state index is 11.1. The van der Waals surface area contributed by atoms with E-state index < -0.39 is 0 Å². The van der Waals surface area contributed by atoms with E-state index in [4.69, 9.17) is 14.8 Å². The van der Waals surface area contributed by atoms with E-state index in [2.05, 4.69) is 40.1 Å². The number of rotatable bonds is 16. The first-order valence-electron chi connectivity index (χ1n) is 22.4. The number of benzene rings is 6. The Morgan fingerprint density at radius 2 is 0.886 bits per heavy atom. The molecule has 10 aromatic rings. The molecular formula is C56H44N10O4. The van der Waals surface area contributed by atoms with Crippen LogP contribution in [-0.2, 0) is 26.2 Å². The molecule has 4 aromatic heterocycles. The highest BCUT2D eigenvalue weighted by Crippen LogP contribution is 2.41. The predicted octanol–water partition coefficient (Wildman–Crippen LogP) is 13.7. The average Bonchev–Trinajstić information content (AvgIpc) is 3.39. The maximum Gasteiger partial charge on any atom is 0.145 e. The number of hydrogen-bond acceptors (Lipinski definition) is 14. The van der Waals surface area contributed by atoms with Crippen LogP contribution in [0.1, 0.15) is 22.8 Å². The lowest BCUT2D eigenvalue weighted by Gasteiger charge is -2.25. The van der Waals surface area contributed by atoms with E-state index >= 15 is 0 Å². The van der Waals surface area contributed by atoms with E-state index in [0.717, 1.165) is 44.9 Å². The van der Waals surface area contributed by atoms with Gasteiger partial charge in [-0.3, -0.25) is 19.9 Å². The van der Waals surface area contributed by atoms with Gasteiger partial charge in [0, 0.05) is 29.4 Å². The summed E-state index contributed by atoms with van der Waals surface area (Å²) in [6, 6.07) is 53.9. The SMILES string of the molecule is Oc1ccc2ccc(O)c(/N=N/c3ccccc3N(Cc3ccccn3)Cc3ccc(Oc4ccc5c(/N=N/c6ccccc6N(Cc6ccccn6)Cc6ccccn6)c(O)ccc5c4)cn3)c2c1. The van der Waals surface area contributed by atoms with Crippen molar-refractivity contribution in [3.63, 3.8) is 0 Å². The zero-order chi connectivity index (χ0) is 47.7. The molecule has 0 aliphatic carbocycles. The van der Waals surface area contributed by atoms with Crippen molar-refractivity contribution in [3.8, 4) is 28.7 Å². The molecule has 14 heteroatoms. The van der Waals surface area contributed by atoms with Crippen molar-refractivity contribution < 1.29 is 20.1 Å². The van der Waals surface area contributed by atoms with Crippen LogP contribution in [0, 0.1) is 0 Å². The van der Waals surface area contributed by atoms with Gasteiger partial charge >= 0.3 is 0 Å². The van der Waals surface area contributed by atoms with Crippen LogP contribution in [-0.4, -0.2) is 35.3 Å². The third-order valence-electron chi connectivity index (χ3n) is 11.5. The van der Waals surface area contributed by atoms with Gasteiger partial charge in [-0.05, 0) is 126 Å². The lowest BCUT2D eigenvalue weighted by molar-refractivity contribution is 0.475. The second-order valence-corrected chi connectivity index (χ2v) is 16.3. The highest BCUT2D eigenvalue weighted by molar-refractivity contribution is 5.97. The second kappa shape index (κ2) is 20.5. The van der Waals surface area contributed by atoms with Gasteiger partial charge in [0.15, 0.2) is 0 Å². The number of fused-ring (bicyclic) bond motifs is 2. The van der Waals surface area contributed by atoms with Crippen LogP contribution in [0.15, 0.2) is 221 Å². The molecule has 10 rings (SSSR count). The van der Waals surface area contributed by atoms with Crippen molar-refractivity contribution in [2.24, 2.45) is 20.5 Å². The second-order valence-electron chi connectivity index (χ2n) is 16.3. The number of ether oxygens (including phenoxy) is 1. The Morgan fingerprint density at radius 1 is 0.400 bits per heavy atom. The summed E-state index contributed by atoms with van der Waals surface area (Å²) in [5.41, 5.74) is 6.78. The summed E-state index contributed by atoms with van der Waals surface area (Å²) in [6.07, 6.45) is 7.00. The molecule has 4 heterocycles. The first-order valence-corrected chi connectivity index (χ1v) is 22.4. The first-order chi connectivity index (χ1) is 34.4. The van der Waals surface area contributed by atoms with E-state index in [-0.39, 0.29) is 22.9 Å². The van der Waals surface area contributed by atoms with Crippen LogP contribution in [0.5, 0.6) is 28.7 Å². The van der Waals surface area contributed by atoms with E-state index in [1.54, 1.807) is 61.2 Å². The normalized spacial score (nSPS) is 11.4. The first kappa shape index (κ1) is 44.3. The van der Waals surface area contributed by atoms with E-state index in [0.29, 0.717) is 65.5 Å². The summed E-state index contributed by atoms with van der Waals surface area (Å²) in [5, 5.41) is 53.4. The van der Waals surface area contributed by atoms with Gasteiger partial charge in [0.2, 0.25) is 0 Å². The number of nitrogens with zero attached hydrogens (tertiary/aromatic N) is 10. The molecule has 0 radical (unpaired) electrons. The highest BCUT2D eigenvalue weighted by Gasteiger charge is 2.18. The summed E-state index contributed by atoms with van der Waals surface area (Å²) < 4.78 is 6.32. The number of phenols is 3. The quantitative estimate of drug-likeness (QED) is 0.0790. The van der Waals surface area contributed by atoms with Gasteiger partial charge in [-0.2, -0.15) is 0 Å². The number of aromatic hydroxyl groups is 3. The maximum atomic E-state index is 11.1. The van der Waals surface area contributed by atoms with Gasteiger partial charge in [0.25, 0.3) is 0 Å². The number of phenolic OH excluding ortho intramolecular Hbond substituents is 3. The van der Waals surface area contributed by atoms with Crippen molar-refractivity contribution >= 4 is 55.7 Å². The van der Waals surface area contributed by atoms with Gasteiger partial charge < -0.3 is 29.9 Å². The summed E-state index contributed by atoms with van der Waals surface area (Å²) in [4.78, 5) is 22.8. The van der Waals surface area contributed by atoms with Crippen LogP contribution in [0.2, 0.25) is 0 Å². The number of aromatic nitrogens is 4. The average molecular weight is 921 g/mol. The molecule has 0 fully saturated rings. The fraction of sp³-hybridized carbons (Fsp3) is 0.0714. The summed E-state index contributed by atoms with van der Waals surface area (Å²) in [5.74, 6) is 1.11. The summed E-state index contributed by atoms with van der Waals surface area (Å²) >= 11 is 0. The Morgan fingerprint density at radius 3 is 1.41 bits per heavy atom. The number of hydrogen-bond donors (Lipinski definition) is 3. The molecule has 0 aliphatic rings. The zero-order valence-electron chi connectivity index (χ0n) is 37.6. The van der Waals surface area contributed by atoms with Crippen LogP contribution < -0.4 is 14.5 Å². The Hall–Kier alpha value is -9.56. The molecule has 14 nitrogen and oxygen atoms in total. The molecule has 0 unspecified atom stereocenters. The third-order valence-corrected chi connectivity index (χ3v) is 11.5. The monoisotopic (exact) mass is 920 g/mol. The number of pyridine rings is 4. The van der Waals surface area contributed by atoms with Crippen molar-refractivity contribution in [2.75, 3.05) is 9.80 Å². The van der Waals surface area contributed by atoms with Crippen molar-refractivity contribution in [3.05, 3.63) is 223 Å². The fourth-order valence-corrected chi connectivity index (χ4v) is 8.08. The van der Waals surface area contributed by atoms with Crippen LogP contribution in [0.25, 0.3) is 21.5 Å². The largest absolute Gasteiger partial charge is 0.508 e. The third kappa shape index (κ3) is 10.4. The number of anilines is 2. The highest BCUT2D eigenvalue weighted by atomic mass is 16.5. The smallest absolute Gasteiger partial charge is 0.145 e. The Balaban J connectivity index is 0.879. The molecule has 3 N–H and O–H groups in total. The standard InChI is InChI=1S/C56H44N10O4/c67-44-22-18-38-19-26-54(69)56(48(38)32-44)64-62-50-15-2-4-17-52(50)66(36-42-13-7-10-30-59-42)37-43-21-23-46(33-60-43)70-45-24-25-47-39(31-45)20-27-53(68)55(47)63-61-49-14-1-3-16-51(49)65(34-40-11-5-8-28-57-40)35-41-12-6-9-29-58-41/h1-33,67-69H,34-37H2/b63-61+,64-62+. The Kier molecular flexibility index (Phi) is 13.0. The molecule has 0 spiro atoms. The van der Waals surface area contributed by atoms with Gasteiger partial charge in [-0.25, -0.2) is 0 Å². The van der Waals surface area contributed by atoms with Crippen LogP contribution in [0.4, 0.5) is 34.1 Å². The molecule has 70 heavy (non-hydrogen) atoms. The number of azo groups is 2. The van der Waals surface area contributed by atoms with Crippen molar-refractivity contribution in [1.82, 2.24) is 19.9 Å². The zero-order valence-corrected chi connectivity index (χ0v) is 37.6. The molecule has 0 saturated heterocycles. The van der Waals surface area contributed by atoms with E-state index in [9.17, 15) is 15.3 Å². The molecule has 6 aromatic carbocycles. The van der Waals surface area contributed by atoms with Crippen molar-refractivity contribution in [1.29, 1.82) is 0 Å². The van der Waals surface area contributed by atoms with Gasteiger partial charge in [0.1, 0.15) is 51.5 Å². The summed E-state index contributed by atoms with van der Waals surface area (Å²) in [6.45, 7) is 1.88. The van der Waals surface area contributed by atoms with Gasteiger partial charge in [0.05, 0.1) is 66.5 Å². The van der Waals surface area contributed by atoms with Gasteiger partial charge in [-0.1, -0.05) is 60.7 Å². The van der Waals surface area contributed by atoms with Crippen LogP contribution in [0.3, 0.4) is 0 Å². The molecule has 342 valence electrons. The lowest BCUT2D eigenvalue weighted by Crippen LogP contribution is -2.23. The molecule has 0 saturated carbocycles. The molecular weight excluding hydrogens is 877 g/mol. The minimum absolute atomic E-state index is 0.00551. The minimum atomic E-state index is -0.0540. The number of para-hydroxylation sites is 2. The van der Waals surface area contributed by atoms with Gasteiger partial charge in [-0.15, -0.1) is 20.5 Å². The van der Waals surface area contributed by atoms with Crippen LogP contribution >= 0.6 is 0 Å². The Labute approximate surface area is 402 Å². The van der Waals surface area contributed by atoms with E-state index in [1.165, 1.54) is 0 Å². The van der Waals surface area contributed by atoms with Crippen molar-refractivity contribution in [2.45, 2.75) is 26.2 Å². The lowest BCUT2D eigenvalue weighted by atomic mass is 10.1. The molecule has 0 bridgehead atoms. The molecule has 0 aliphatic heterocycles. The van der Waals surface area contributed by atoms with E-state index in [1.807, 2.05) is 140 Å². The molecule has 0 atom stereocenters. The predicted molar refractivity (Wildman–Crippen MR) is 271 cm³/mol. The Bertz CT molecular complexity index is 3430.